The van der Waals surface area contributed by atoms with E-state index >= 15 is 0 Å². The maximum absolute atomic E-state index is 12.5. The molecule has 0 aliphatic carbocycles. The van der Waals surface area contributed by atoms with Gasteiger partial charge >= 0.3 is 6.18 Å². The van der Waals surface area contributed by atoms with Crippen molar-refractivity contribution in [2.45, 2.75) is 12.7 Å². The number of amides is 1. The van der Waals surface area contributed by atoms with E-state index in [1.165, 1.54) is 38.5 Å². The van der Waals surface area contributed by atoms with E-state index in [0.29, 0.717) is 17.1 Å². The summed E-state index contributed by atoms with van der Waals surface area (Å²) in [5.74, 6) is 0.781. The lowest BCUT2D eigenvalue weighted by Gasteiger charge is -2.09. The molecule has 26 heavy (non-hydrogen) atoms. The molecule has 7 heteroatoms. The molecule has 0 saturated heterocycles. The van der Waals surface area contributed by atoms with Crippen LogP contribution in [0.25, 0.3) is 6.08 Å². The summed E-state index contributed by atoms with van der Waals surface area (Å²) >= 11 is 0. The van der Waals surface area contributed by atoms with Gasteiger partial charge in [0.2, 0.25) is 5.91 Å². The molecule has 0 heterocycles. The molecule has 0 unspecified atom stereocenters. The first-order chi connectivity index (χ1) is 12.3. The average molecular weight is 365 g/mol. The van der Waals surface area contributed by atoms with Crippen molar-refractivity contribution in [3.8, 4) is 11.5 Å². The predicted octanol–water partition coefficient (Wildman–Crippen LogP) is 4.05. The molecule has 1 N–H and O–H groups in total. The van der Waals surface area contributed by atoms with E-state index in [9.17, 15) is 18.0 Å². The van der Waals surface area contributed by atoms with Gasteiger partial charge in [-0.05, 0) is 41.5 Å². The van der Waals surface area contributed by atoms with Crippen molar-refractivity contribution in [3.63, 3.8) is 0 Å². The number of hydrogen-bond donors (Lipinski definition) is 1. The Kier molecular flexibility index (Phi) is 6.27. The van der Waals surface area contributed by atoms with Crippen LogP contribution >= 0.6 is 0 Å². The van der Waals surface area contributed by atoms with Gasteiger partial charge in [0.15, 0.2) is 11.5 Å². The molecule has 2 aromatic rings. The van der Waals surface area contributed by atoms with Gasteiger partial charge < -0.3 is 14.8 Å². The molecule has 0 radical (unpaired) electrons. The summed E-state index contributed by atoms with van der Waals surface area (Å²) in [5.41, 5.74) is 0.589. The highest BCUT2D eigenvalue weighted by molar-refractivity contribution is 5.91. The Morgan fingerprint density at radius 2 is 1.69 bits per heavy atom. The summed E-state index contributed by atoms with van der Waals surface area (Å²) in [4.78, 5) is 11.9. The molecular weight excluding hydrogens is 347 g/mol. The normalized spacial score (nSPS) is 11.4. The maximum Gasteiger partial charge on any atom is 0.416 e. The first-order valence-electron chi connectivity index (χ1n) is 7.67. The number of ether oxygens (including phenoxy) is 2. The van der Waals surface area contributed by atoms with E-state index in [4.69, 9.17) is 9.47 Å². The first kappa shape index (κ1) is 19.4. The lowest BCUT2D eigenvalue weighted by Crippen LogP contribution is -2.20. The highest BCUT2D eigenvalue weighted by Crippen LogP contribution is 2.29. The summed E-state index contributed by atoms with van der Waals surface area (Å²) in [7, 11) is 3.05. The molecule has 138 valence electrons. The van der Waals surface area contributed by atoms with Gasteiger partial charge in [-0.2, -0.15) is 13.2 Å². The van der Waals surface area contributed by atoms with E-state index in [-0.39, 0.29) is 12.5 Å². The molecule has 2 aromatic carbocycles. The van der Waals surface area contributed by atoms with Crippen LogP contribution in [0.4, 0.5) is 13.2 Å². The van der Waals surface area contributed by atoms with Crippen LogP contribution < -0.4 is 14.8 Å². The van der Waals surface area contributed by atoms with Crippen LogP contribution in [-0.2, 0) is 17.5 Å². The number of hydrogen-bond acceptors (Lipinski definition) is 3. The van der Waals surface area contributed by atoms with E-state index in [1.807, 2.05) is 0 Å². The lowest BCUT2D eigenvalue weighted by molar-refractivity contribution is -0.137. The second-order valence-corrected chi connectivity index (χ2v) is 5.36. The van der Waals surface area contributed by atoms with Crippen molar-refractivity contribution in [1.82, 2.24) is 5.32 Å². The molecular formula is C19H18F3NO3. The van der Waals surface area contributed by atoms with Crippen LogP contribution in [0.3, 0.4) is 0 Å². The fourth-order valence-electron chi connectivity index (χ4n) is 2.19. The van der Waals surface area contributed by atoms with Crippen LogP contribution in [-0.4, -0.2) is 20.1 Å². The third kappa shape index (κ3) is 5.27. The molecule has 0 aromatic heterocycles. The largest absolute Gasteiger partial charge is 0.493 e. The van der Waals surface area contributed by atoms with Gasteiger partial charge in [0.25, 0.3) is 0 Å². The summed E-state index contributed by atoms with van der Waals surface area (Å²) in [6.07, 6.45) is -1.66. The summed E-state index contributed by atoms with van der Waals surface area (Å²) in [5, 5.41) is 2.69. The SMILES string of the molecule is COc1ccc(CNC(=O)/C=C/c2ccc(C(F)(F)F)cc2)cc1OC. The molecule has 0 aliphatic heterocycles. The number of rotatable bonds is 6. The van der Waals surface area contributed by atoms with E-state index < -0.39 is 11.7 Å². The third-order valence-electron chi connectivity index (χ3n) is 3.58. The summed E-state index contributed by atoms with van der Waals surface area (Å²) < 4.78 is 47.8. The second kappa shape index (κ2) is 8.42. The molecule has 2 rings (SSSR count). The standard InChI is InChI=1S/C19H18F3NO3/c1-25-16-9-5-14(11-17(16)26-2)12-23-18(24)10-6-13-3-7-15(8-4-13)19(20,21)22/h3-11H,12H2,1-2H3,(H,23,24)/b10-6+. The van der Waals surface area contributed by atoms with E-state index in [0.717, 1.165) is 17.7 Å². The smallest absolute Gasteiger partial charge is 0.416 e. The molecule has 0 fully saturated rings. The van der Waals surface area contributed by atoms with Gasteiger partial charge in [0, 0.05) is 12.6 Å². The van der Waals surface area contributed by atoms with E-state index in [2.05, 4.69) is 5.32 Å². The topological polar surface area (TPSA) is 47.6 Å². The number of methoxy groups -OCH3 is 2. The van der Waals surface area contributed by atoms with Crippen molar-refractivity contribution in [2.75, 3.05) is 14.2 Å². The summed E-state index contributed by atoms with van der Waals surface area (Å²) in [6.45, 7) is 0.274. The summed E-state index contributed by atoms with van der Waals surface area (Å²) in [6, 6.07) is 9.84. The molecule has 4 nitrogen and oxygen atoms in total. The zero-order chi connectivity index (χ0) is 19.2. The second-order valence-electron chi connectivity index (χ2n) is 5.36. The van der Waals surface area contributed by atoms with Gasteiger partial charge in [-0.1, -0.05) is 18.2 Å². The fraction of sp³-hybridized carbons (Fsp3) is 0.211. The van der Waals surface area contributed by atoms with Crippen molar-refractivity contribution in [3.05, 3.63) is 65.2 Å². The van der Waals surface area contributed by atoms with Crippen LogP contribution in [0.5, 0.6) is 11.5 Å². The number of nitrogens with one attached hydrogen (secondary N) is 1. The maximum atomic E-state index is 12.5. The number of alkyl halides is 3. The van der Waals surface area contributed by atoms with Crippen molar-refractivity contribution in [2.24, 2.45) is 0 Å². The van der Waals surface area contributed by atoms with Crippen LogP contribution in [0.2, 0.25) is 0 Å². The molecule has 0 atom stereocenters. The Balaban J connectivity index is 1.93. The zero-order valence-corrected chi connectivity index (χ0v) is 14.3. The molecule has 1 amide bonds. The third-order valence-corrected chi connectivity index (χ3v) is 3.58. The Labute approximate surface area is 149 Å². The van der Waals surface area contributed by atoms with E-state index in [1.54, 1.807) is 18.2 Å². The number of halogens is 3. The van der Waals surface area contributed by atoms with Gasteiger partial charge in [0.05, 0.1) is 19.8 Å². The van der Waals surface area contributed by atoms with Gasteiger partial charge in [-0.3, -0.25) is 4.79 Å². The first-order valence-corrected chi connectivity index (χ1v) is 7.67. The van der Waals surface area contributed by atoms with Crippen molar-refractivity contribution < 1.29 is 27.4 Å². The predicted molar refractivity (Wildman–Crippen MR) is 91.9 cm³/mol. The fourth-order valence-corrected chi connectivity index (χ4v) is 2.19. The Hall–Kier alpha value is -2.96. The molecule has 0 saturated carbocycles. The molecule has 0 bridgehead atoms. The zero-order valence-electron chi connectivity index (χ0n) is 14.3. The highest BCUT2D eigenvalue weighted by atomic mass is 19.4. The quantitative estimate of drug-likeness (QED) is 0.786. The lowest BCUT2D eigenvalue weighted by atomic mass is 10.1. The highest BCUT2D eigenvalue weighted by Gasteiger charge is 2.29. The van der Waals surface area contributed by atoms with Gasteiger partial charge in [-0.25, -0.2) is 0 Å². The monoisotopic (exact) mass is 365 g/mol. The van der Waals surface area contributed by atoms with Gasteiger partial charge in [-0.15, -0.1) is 0 Å². The Morgan fingerprint density at radius 3 is 2.27 bits per heavy atom. The van der Waals surface area contributed by atoms with Gasteiger partial charge in [0.1, 0.15) is 0 Å². The van der Waals surface area contributed by atoms with Crippen LogP contribution in [0, 0.1) is 0 Å². The number of carbonyl (C=O) groups is 1. The van der Waals surface area contributed by atoms with Crippen LogP contribution in [0.15, 0.2) is 48.5 Å². The van der Waals surface area contributed by atoms with Crippen molar-refractivity contribution >= 4 is 12.0 Å². The molecule has 0 aliphatic rings. The van der Waals surface area contributed by atoms with Crippen molar-refractivity contribution in [1.29, 1.82) is 0 Å². The minimum absolute atomic E-state index is 0.274. The van der Waals surface area contributed by atoms with Crippen LogP contribution in [0.1, 0.15) is 16.7 Å². The number of benzene rings is 2. The molecule has 0 spiro atoms. The minimum atomic E-state index is -4.38. The Morgan fingerprint density at radius 1 is 1.04 bits per heavy atom. The minimum Gasteiger partial charge on any atom is -0.493 e. The number of carbonyl (C=O) groups excluding carboxylic acids is 1. The average Bonchev–Trinajstić information content (AvgIpc) is 2.64. The Bertz CT molecular complexity index is 784.